The maximum absolute atomic E-state index is 13.1. The van der Waals surface area contributed by atoms with Crippen molar-refractivity contribution in [2.24, 2.45) is 0 Å². The Hall–Kier alpha value is -2.54. The second-order valence-corrected chi connectivity index (χ2v) is 7.79. The van der Waals surface area contributed by atoms with Gasteiger partial charge in [-0.1, -0.05) is 31.2 Å². The Labute approximate surface area is 182 Å². The SMILES string of the molecule is CCNC(=O)C(CC)N(Cc1ccc(OC)cc1)C(=O)CSCc1ccc(F)cc1. The Morgan fingerprint density at radius 3 is 2.27 bits per heavy atom. The van der Waals surface area contributed by atoms with Crippen LogP contribution in [0.5, 0.6) is 5.75 Å². The predicted molar refractivity (Wildman–Crippen MR) is 119 cm³/mol. The van der Waals surface area contributed by atoms with Crippen molar-refractivity contribution in [1.29, 1.82) is 0 Å². The molecule has 0 aliphatic carbocycles. The lowest BCUT2D eigenvalue weighted by Crippen LogP contribution is -2.49. The highest BCUT2D eigenvalue weighted by Gasteiger charge is 2.28. The van der Waals surface area contributed by atoms with E-state index in [-0.39, 0.29) is 23.4 Å². The maximum Gasteiger partial charge on any atom is 0.242 e. The van der Waals surface area contributed by atoms with Gasteiger partial charge >= 0.3 is 0 Å². The van der Waals surface area contributed by atoms with Gasteiger partial charge in [-0.05, 0) is 48.7 Å². The molecule has 162 valence electrons. The molecule has 2 aromatic rings. The molecule has 0 bridgehead atoms. The summed E-state index contributed by atoms with van der Waals surface area (Å²) < 4.78 is 18.2. The molecule has 0 saturated heterocycles. The molecule has 1 atom stereocenters. The molecule has 0 saturated carbocycles. The largest absolute Gasteiger partial charge is 0.497 e. The van der Waals surface area contributed by atoms with E-state index in [1.807, 2.05) is 38.1 Å². The number of hydrogen-bond donors (Lipinski definition) is 1. The number of methoxy groups -OCH3 is 1. The number of hydrogen-bond acceptors (Lipinski definition) is 4. The van der Waals surface area contributed by atoms with Crippen LogP contribution in [0.4, 0.5) is 4.39 Å². The van der Waals surface area contributed by atoms with Crippen LogP contribution in [0.1, 0.15) is 31.4 Å². The second kappa shape index (κ2) is 12.2. The van der Waals surface area contributed by atoms with Gasteiger partial charge in [-0.25, -0.2) is 4.39 Å². The fourth-order valence-corrected chi connectivity index (χ4v) is 3.93. The van der Waals surface area contributed by atoms with Crippen LogP contribution in [0.15, 0.2) is 48.5 Å². The van der Waals surface area contributed by atoms with Gasteiger partial charge in [0.2, 0.25) is 11.8 Å². The van der Waals surface area contributed by atoms with Gasteiger partial charge in [0.1, 0.15) is 17.6 Å². The van der Waals surface area contributed by atoms with Gasteiger partial charge in [0, 0.05) is 18.8 Å². The Morgan fingerprint density at radius 1 is 1.07 bits per heavy atom. The van der Waals surface area contributed by atoms with E-state index in [1.54, 1.807) is 24.1 Å². The van der Waals surface area contributed by atoms with E-state index in [2.05, 4.69) is 5.32 Å². The quantitative estimate of drug-likeness (QED) is 0.583. The average molecular weight is 433 g/mol. The molecule has 30 heavy (non-hydrogen) atoms. The average Bonchev–Trinajstić information content (AvgIpc) is 2.75. The highest BCUT2D eigenvalue weighted by Crippen LogP contribution is 2.19. The van der Waals surface area contributed by atoms with E-state index in [0.29, 0.717) is 25.3 Å². The fourth-order valence-electron chi connectivity index (χ4n) is 3.06. The smallest absolute Gasteiger partial charge is 0.242 e. The zero-order valence-electron chi connectivity index (χ0n) is 17.7. The Bertz CT molecular complexity index is 812. The van der Waals surface area contributed by atoms with E-state index in [0.717, 1.165) is 16.9 Å². The molecule has 0 fully saturated rings. The first kappa shape index (κ1) is 23.7. The molecule has 0 aromatic heterocycles. The Kier molecular flexibility index (Phi) is 9.67. The summed E-state index contributed by atoms with van der Waals surface area (Å²) in [7, 11) is 1.60. The molecule has 0 radical (unpaired) electrons. The zero-order chi connectivity index (χ0) is 21.9. The molecule has 1 N–H and O–H groups in total. The standard InChI is InChI=1S/C23H29FN2O3S/c1-4-21(23(28)25-5-2)26(14-17-8-12-20(29-3)13-9-17)22(27)16-30-15-18-6-10-19(24)11-7-18/h6-13,21H,4-5,14-16H2,1-3H3,(H,25,28). The van der Waals surface area contributed by atoms with Crippen LogP contribution in [-0.4, -0.2) is 42.2 Å². The lowest BCUT2D eigenvalue weighted by Gasteiger charge is -2.30. The van der Waals surface area contributed by atoms with Crippen molar-refractivity contribution in [3.8, 4) is 5.75 Å². The molecule has 2 rings (SSSR count). The van der Waals surface area contributed by atoms with Crippen LogP contribution in [0.2, 0.25) is 0 Å². The van der Waals surface area contributed by atoms with Crippen LogP contribution >= 0.6 is 11.8 Å². The van der Waals surface area contributed by atoms with Crippen molar-refractivity contribution < 1.29 is 18.7 Å². The van der Waals surface area contributed by atoms with E-state index < -0.39 is 6.04 Å². The van der Waals surface area contributed by atoms with Crippen molar-refractivity contribution in [2.45, 2.75) is 38.6 Å². The van der Waals surface area contributed by atoms with Gasteiger partial charge in [-0.15, -0.1) is 11.8 Å². The number of carbonyl (C=O) groups is 2. The number of likely N-dealkylation sites (N-methyl/N-ethyl adjacent to an activating group) is 1. The monoisotopic (exact) mass is 432 g/mol. The highest BCUT2D eigenvalue weighted by atomic mass is 32.2. The van der Waals surface area contributed by atoms with E-state index in [9.17, 15) is 14.0 Å². The lowest BCUT2D eigenvalue weighted by atomic mass is 10.1. The first-order chi connectivity index (χ1) is 14.5. The summed E-state index contributed by atoms with van der Waals surface area (Å²) in [6.07, 6.45) is 0.524. The van der Waals surface area contributed by atoms with Crippen LogP contribution in [0.25, 0.3) is 0 Å². The summed E-state index contributed by atoms with van der Waals surface area (Å²) in [6, 6.07) is 13.2. The molecule has 5 nitrogen and oxygen atoms in total. The third-order valence-corrected chi connectivity index (χ3v) is 5.64. The van der Waals surface area contributed by atoms with Crippen LogP contribution in [-0.2, 0) is 21.9 Å². The number of amides is 2. The van der Waals surface area contributed by atoms with Crippen molar-refractivity contribution in [2.75, 3.05) is 19.4 Å². The van der Waals surface area contributed by atoms with Gasteiger partial charge < -0.3 is 15.0 Å². The number of nitrogens with zero attached hydrogens (tertiary/aromatic N) is 1. The van der Waals surface area contributed by atoms with Crippen LogP contribution in [0, 0.1) is 5.82 Å². The minimum absolute atomic E-state index is 0.101. The number of rotatable bonds is 11. The molecule has 1 unspecified atom stereocenters. The van der Waals surface area contributed by atoms with Gasteiger partial charge in [-0.3, -0.25) is 9.59 Å². The third-order valence-electron chi connectivity index (χ3n) is 4.66. The second-order valence-electron chi connectivity index (χ2n) is 6.81. The maximum atomic E-state index is 13.1. The van der Waals surface area contributed by atoms with E-state index >= 15 is 0 Å². The van der Waals surface area contributed by atoms with E-state index in [4.69, 9.17) is 4.74 Å². The number of nitrogens with one attached hydrogen (secondary N) is 1. The minimum atomic E-state index is -0.536. The molecule has 2 aromatic carbocycles. The van der Waals surface area contributed by atoms with Crippen LogP contribution in [0.3, 0.4) is 0 Å². The van der Waals surface area contributed by atoms with Crippen molar-refractivity contribution in [3.63, 3.8) is 0 Å². The van der Waals surface area contributed by atoms with E-state index in [1.165, 1.54) is 23.9 Å². The van der Waals surface area contributed by atoms with Gasteiger partial charge in [-0.2, -0.15) is 0 Å². The normalized spacial score (nSPS) is 11.6. The summed E-state index contributed by atoms with van der Waals surface area (Å²) in [6.45, 7) is 4.62. The molecular weight excluding hydrogens is 403 g/mol. The number of halogens is 1. The van der Waals surface area contributed by atoms with Crippen molar-refractivity contribution in [3.05, 3.63) is 65.5 Å². The summed E-state index contributed by atoms with van der Waals surface area (Å²) in [5.74, 6) is 1.05. The molecule has 2 amide bonds. The molecule has 0 aliphatic rings. The zero-order valence-corrected chi connectivity index (χ0v) is 18.5. The number of benzene rings is 2. The first-order valence-electron chi connectivity index (χ1n) is 10.0. The Balaban J connectivity index is 2.10. The summed E-state index contributed by atoms with van der Waals surface area (Å²) in [5.41, 5.74) is 1.88. The van der Waals surface area contributed by atoms with Crippen LogP contribution < -0.4 is 10.1 Å². The molecule has 0 aliphatic heterocycles. The molecule has 7 heteroatoms. The fraction of sp³-hybridized carbons (Fsp3) is 0.391. The summed E-state index contributed by atoms with van der Waals surface area (Å²) >= 11 is 1.45. The third kappa shape index (κ3) is 7.06. The summed E-state index contributed by atoms with van der Waals surface area (Å²) in [5, 5.41) is 2.83. The molecular formula is C23H29FN2O3S. The number of thioether (sulfide) groups is 1. The van der Waals surface area contributed by atoms with Gasteiger partial charge in [0.05, 0.1) is 12.9 Å². The lowest BCUT2D eigenvalue weighted by molar-refractivity contribution is -0.139. The number of ether oxygens (including phenoxy) is 1. The minimum Gasteiger partial charge on any atom is -0.497 e. The topological polar surface area (TPSA) is 58.6 Å². The predicted octanol–water partition coefficient (Wildman–Crippen LogP) is 4.01. The summed E-state index contributed by atoms with van der Waals surface area (Å²) in [4.78, 5) is 27.3. The molecule has 0 spiro atoms. The van der Waals surface area contributed by atoms with Crippen molar-refractivity contribution in [1.82, 2.24) is 10.2 Å². The van der Waals surface area contributed by atoms with Gasteiger partial charge in [0.25, 0.3) is 0 Å². The highest BCUT2D eigenvalue weighted by molar-refractivity contribution is 7.99. The molecule has 0 heterocycles. The number of carbonyl (C=O) groups excluding carboxylic acids is 2. The first-order valence-corrected chi connectivity index (χ1v) is 11.2. The van der Waals surface area contributed by atoms with Crippen molar-refractivity contribution >= 4 is 23.6 Å². The Morgan fingerprint density at radius 2 is 1.70 bits per heavy atom. The van der Waals surface area contributed by atoms with Gasteiger partial charge in [0.15, 0.2) is 0 Å².